The van der Waals surface area contributed by atoms with Crippen molar-refractivity contribution in [3.63, 3.8) is 0 Å². The summed E-state index contributed by atoms with van der Waals surface area (Å²) in [5, 5.41) is 4.69. The molecule has 31 heavy (non-hydrogen) atoms. The summed E-state index contributed by atoms with van der Waals surface area (Å²) in [5.74, 6) is -0.285. The van der Waals surface area contributed by atoms with E-state index in [9.17, 15) is 14.0 Å². The lowest BCUT2D eigenvalue weighted by atomic mass is 9.99. The van der Waals surface area contributed by atoms with Gasteiger partial charge >= 0.3 is 0 Å². The predicted octanol–water partition coefficient (Wildman–Crippen LogP) is 2.38. The number of fused-ring (bicyclic) bond motifs is 1. The molecule has 1 aliphatic rings. The fraction of sp³-hybridized carbons (Fsp3) is 0.348. The molecule has 2 atom stereocenters. The lowest BCUT2D eigenvalue weighted by Crippen LogP contribution is -2.34. The van der Waals surface area contributed by atoms with Crippen LogP contribution >= 0.6 is 0 Å². The molecule has 0 saturated carbocycles. The van der Waals surface area contributed by atoms with Crippen molar-refractivity contribution < 1.29 is 9.18 Å². The van der Waals surface area contributed by atoms with E-state index < -0.39 is 0 Å². The Hall–Kier alpha value is -3.10. The van der Waals surface area contributed by atoms with Crippen LogP contribution in [0.4, 0.5) is 4.39 Å². The molecule has 8 heteroatoms. The summed E-state index contributed by atoms with van der Waals surface area (Å²) < 4.78 is 14.7. The summed E-state index contributed by atoms with van der Waals surface area (Å²) >= 11 is 0. The molecule has 162 valence electrons. The molecule has 0 radical (unpaired) electrons. The van der Waals surface area contributed by atoms with Crippen LogP contribution in [0, 0.1) is 5.82 Å². The van der Waals surface area contributed by atoms with Crippen LogP contribution in [0.3, 0.4) is 0 Å². The highest BCUT2D eigenvalue weighted by Gasteiger charge is 2.24. The van der Waals surface area contributed by atoms with Gasteiger partial charge in [0.2, 0.25) is 11.3 Å². The van der Waals surface area contributed by atoms with Crippen LogP contribution in [0.15, 0.2) is 59.5 Å². The number of nitrogens with one attached hydrogen (secondary N) is 2. The van der Waals surface area contributed by atoms with Crippen molar-refractivity contribution in [2.45, 2.75) is 37.9 Å². The Bertz CT molecular complexity index is 1110. The number of nitrogens with zero attached hydrogens (tertiary/aromatic N) is 3. The Labute approximate surface area is 179 Å². The molecule has 1 saturated heterocycles. The third-order valence-corrected chi connectivity index (χ3v) is 5.77. The van der Waals surface area contributed by atoms with Crippen molar-refractivity contribution in [2.24, 2.45) is 0 Å². The molecule has 7 nitrogen and oxygen atoms in total. The smallest absolute Gasteiger partial charge is 0.244 e. The number of hydrazine groups is 1. The topological polar surface area (TPSA) is 79.3 Å². The molecule has 3 aromatic rings. The Morgan fingerprint density at radius 1 is 1.19 bits per heavy atom. The number of halogens is 1. The van der Waals surface area contributed by atoms with Crippen molar-refractivity contribution in [2.75, 3.05) is 13.6 Å². The second-order valence-corrected chi connectivity index (χ2v) is 7.97. The number of hydrogen-bond donors (Lipinski definition) is 2. The van der Waals surface area contributed by atoms with Gasteiger partial charge in [-0.15, -0.1) is 0 Å². The number of aromatic nitrogens is 2. The van der Waals surface area contributed by atoms with Gasteiger partial charge < -0.3 is 4.90 Å². The minimum atomic E-state index is -0.232. The summed E-state index contributed by atoms with van der Waals surface area (Å²) in [7, 11) is 1.79. The van der Waals surface area contributed by atoms with E-state index >= 15 is 0 Å². The van der Waals surface area contributed by atoms with Crippen molar-refractivity contribution in [3.8, 4) is 0 Å². The van der Waals surface area contributed by atoms with E-state index in [1.165, 1.54) is 18.3 Å². The van der Waals surface area contributed by atoms with E-state index in [0.29, 0.717) is 23.5 Å². The number of carbonyl (C=O) groups excluding carboxylic acids is 1. The average molecular weight is 423 g/mol. The highest BCUT2D eigenvalue weighted by atomic mass is 19.1. The molecule has 1 amide bonds. The number of benzene rings is 2. The van der Waals surface area contributed by atoms with Crippen molar-refractivity contribution in [1.82, 2.24) is 25.5 Å². The van der Waals surface area contributed by atoms with E-state index in [2.05, 4.69) is 16.0 Å². The second-order valence-electron chi connectivity index (χ2n) is 7.97. The minimum Gasteiger partial charge on any atom is -0.344 e. The quantitative estimate of drug-likeness (QED) is 0.610. The van der Waals surface area contributed by atoms with Crippen LogP contribution in [0.25, 0.3) is 10.9 Å². The van der Waals surface area contributed by atoms with Gasteiger partial charge in [0.1, 0.15) is 12.4 Å². The summed E-state index contributed by atoms with van der Waals surface area (Å²) in [5.41, 5.74) is 8.13. The van der Waals surface area contributed by atoms with Crippen LogP contribution in [0.5, 0.6) is 0 Å². The lowest BCUT2D eigenvalue weighted by Gasteiger charge is -2.19. The molecule has 2 heterocycles. The van der Waals surface area contributed by atoms with Gasteiger partial charge in [0.05, 0.1) is 11.7 Å². The monoisotopic (exact) mass is 423 g/mol. The van der Waals surface area contributed by atoms with E-state index in [1.807, 2.05) is 6.07 Å². The Balaban J connectivity index is 1.26. The molecule has 2 N–H and O–H groups in total. The molecule has 0 bridgehead atoms. The number of hydrogen-bond acceptors (Lipinski definition) is 5. The van der Waals surface area contributed by atoms with Gasteiger partial charge in [-0.2, -0.15) is 5.10 Å². The Morgan fingerprint density at radius 2 is 1.97 bits per heavy atom. The van der Waals surface area contributed by atoms with Gasteiger partial charge in [-0.3, -0.25) is 25.1 Å². The van der Waals surface area contributed by atoms with Crippen LogP contribution in [0.1, 0.15) is 30.9 Å². The summed E-state index contributed by atoms with van der Waals surface area (Å²) in [4.78, 5) is 26.3. The zero-order valence-electron chi connectivity index (χ0n) is 17.4. The zero-order valence-corrected chi connectivity index (χ0v) is 17.4. The standard InChI is InChI=1S/C23H26FN5O2/c1-28(23(31)15-29-21-7-3-2-6-19(21)22(30)14-25-29)12-4-5-18-13-20(27-26-18)16-8-10-17(24)11-9-16/h2-3,6-11,14,18,20,26-27H,4-5,12-13,15H2,1H3. The van der Waals surface area contributed by atoms with Crippen LogP contribution in [0.2, 0.25) is 0 Å². The maximum atomic E-state index is 13.1. The van der Waals surface area contributed by atoms with Crippen molar-refractivity contribution >= 4 is 16.8 Å². The van der Waals surface area contributed by atoms with Crippen LogP contribution < -0.4 is 16.3 Å². The Kier molecular flexibility index (Phi) is 6.39. The van der Waals surface area contributed by atoms with Crippen molar-refractivity contribution in [1.29, 1.82) is 0 Å². The molecule has 0 spiro atoms. The zero-order chi connectivity index (χ0) is 21.8. The first-order chi connectivity index (χ1) is 15.0. The van der Waals surface area contributed by atoms with Gasteiger partial charge in [-0.25, -0.2) is 4.39 Å². The third-order valence-electron chi connectivity index (χ3n) is 5.77. The van der Waals surface area contributed by atoms with E-state index in [-0.39, 0.29) is 29.7 Å². The van der Waals surface area contributed by atoms with Crippen LogP contribution in [-0.4, -0.2) is 40.2 Å². The largest absolute Gasteiger partial charge is 0.344 e. The predicted molar refractivity (Wildman–Crippen MR) is 117 cm³/mol. The van der Waals surface area contributed by atoms with Crippen LogP contribution in [-0.2, 0) is 11.3 Å². The fourth-order valence-electron chi connectivity index (χ4n) is 3.96. The van der Waals surface area contributed by atoms with Gasteiger partial charge in [0.25, 0.3) is 0 Å². The Morgan fingerprint density at radius 3 is 2.77 bits per heavy atom. The number of likely N-dealkylation sites (N-methyl/N-ethyl adjacent to an activating group) is 1. The molecular formula is C23H26FN5O2. The molecule has 1 aromatic heterocycles. The first kappa shape index (κ1) is 21.1. The summed E-state index contributed by atoms with van der Waals surface area (Å²) in [6.45, 7) is 0.726. The van der Waals surface area contributed by atoms with Gasteiger partial charge in [0, 0.05) is 31.1 Å². The number of para-hydroxylation sites is 1. The maximum absolute atomic E-state index is 13.1. The average Bonchev–Trinajstić information content (AvgIpc) is 3.25. The molecule has 1 aliphatic heterocycles. The first-order valence-electron chi connectivity index (χ1n) is 10.5. The summed E-state index contributed by atoms with van der Waals surface area (Å²) in [6, 6.07) is 14.2. The normalized spacial score (nSPS) is 18.4. The molecule has 0 aliphatic carbocycles. The molecule has 1 fully saturated rings. The number of amides is 1. The van der Waals surface area contributed by atoms with Gasteiger partial charge in [0.15, 0.2) is 0 Å². The molecular weight excluding hydrogens is 397 g/mol. The summed E-state index contributed by atoms with van der Waals surface area (Å²) in [6.07, 6.45) is 3.94. The fourth-order valence-corrected chi connectivity index (χ4v) is 3.96. The number of carbonyl (C=O) groups is 1. The van der Waals surface area contributed by atoms with Crippen molar-refractivity contribution in [3.05, 3.63) is 76.3 Å². The minimum absolute atomic E-state index is 0.0528. The van der Waals surface area contributed by atoms with E-state index in [0.717, 1.165) is 24.8 Å². The number of rotatable bonds is 7. The lowest BCUT2D eigenvalue weighted by molar-refractivity contribution is -0.130. The van der Waals surface area contributed by atoms with Gasteiger partial charge in [-0.05, 0) is 49.1 Å². The second kappa shape index (κ2) is 9.36. The molecule has 2 aromatic carbocycles. The molecule has 2 unspecified atom stereocenters. The van der Waals surface area contributed by atoms with E-state index in [1.54, 1.807) is 47.0 Å². The van der Waals surface area contributed by atoms with E-state index in [4.69, 9.17) is 0 Å². The van der Waals surface area contributed by atoms with Gasteiger partial charge in [-0.1, -0.05) is 24.3 Å². The molecule has 4 rings (SSSR count). The highest BCUT2D eigenvalue weighted by molar-refractivity contribution is 5.81. The SMILES string of the molecule is CN(CCCC1CC(c2ccc(F)cc2)NN1)C(=O)Cn1ncc(=O)c2ccccc21. The maximum Gasteiger partial charge on any atom is 0.244 e. The first-order valence-corrected chi connectivity index (χ1v) is 10.5. The third kappa shape index (κ3) is 4.98. The highest BCUT2D eigenvalue weighted by Crippen LogP contribution is 2.24.